The first-order valence-electron chi connectivity index (χ1n) is 6.82. The summed E-state index contributed by atoms with van der Waals surface area (Å²) in [6.07, 6.45) is 3.94. The van der Waals surface area contributed by atoms with Gasteiger partial charge in [-0.3, -0.25) is 0 Å². The number of hydrogen-bond donors (Lipinski definition) is 0. The summed E-state index contributed by atoms with van der Waals surface area (Å²) in [4.78, 5) is 13.2. The summed E-state index contributed by atoms with van der Waals surface area (Å²) < 4.78 is 5.10. The molecular weight excluding hydrogens is 238 g/mol. The van der Waals surface area contributed by atoms with Crippen molar-refractivity contribution in [1.82, 2.24) is 4.90 Å². The highest BCUT2D eigenvalue weighted by atomic mass is 16.6. The van der Waals surface area contributed by atoms with Gasteiger partial charge in [-0.2, -0.15) is 0 Å². The van der Waals surface area contributed by atoms with Crippen LogP contribution in [0.1, 0.15) is 44.2 Å². The Kier molecular flexibility index (Phi) is 4.85. The molecule has 1 heterocycles. The molecule has 1 fully saturated rings. The van der Waals surface area contributed by atoms with E-state index < -0.39 is 0 Å². The van der Waals surface area contributed by atoms with E-state index >= 15 is 0 Å². The number of carbonyl (C=O) groups is 1. The lowest BCUT2D eigenvalue weighted by Gasteiger charge is -2.14. The van der Waals surface area contributed by atoms with E-state index in [1.165, 1.54) is 17.7 Å². The summed E-state index contributed by atoms with van der Waals surface area (Å²) in [7, 11) is 0. The number of unbranched alkanes of at least 4 members (excludes halogenated alkanes) is 3. The topological polar surface area (TPSA) is 29.5 Å². The molecule has 3 heteroatoms. The van der Waals surface area contributed by atoms with Crippen molar-refractivity contribution in [3.8, 4) is 12.0 Å². The molecule has 0 unspecified atom stereocenters. The SMILES string of the molecule is CCCCCC#CN1C(=O)OC[C@H]1c1ccccc1. The smallest absolute Gasteiger partial charge is 0.422 e. The zero-order valence-electron chi connectivity index (χ0n) is 11.3. The Hall–Kier alpha value is -1.95. The van der Waals surface area contributed by atoms with Crippen molar-refractivity contribution in [2.75, 3.05) is 6.61 Å². The fourth-order valence-electron chi connectivity index (χ4n) is 2.07. The van der Waals surface area contributed by atoms with Gasteiger partial charge in [-0.25, -0.2) is 9.69 Å². The van der Waals surface area contributed by atoms with Crippen LogP contribution in [-0.4, -0.2) is 17.6 Å². The number of cyclic esters (lactones) is 1. The highest BCUT2D eigenvalue weighted by Crippen LogP contribution is 2.26. The van der Waals surface area contributed by atoms with Crippen LogP contribution in [0.4, 0.5) is 4.79 Å². The third-order valence-corrected chi connectivity index (χ3v) is 3.16. The van der Waals surface area contributed by atoms with Crippen LogP contribution < -0.4 is 0 Å². The van der Waals surface area contributed by atoms with Gasteiger partial charge in [-0.15, -0.1) is 0 Å². The van der Waals surface area contributed by atoms with E-state index in [2.05, 4.69) is 18.9 Å². The molecule has 0 aliphatic carbocycles. The second-order valence-corrected chi connectivity index (χ2v) is 4.62. The number of nitrogens with zero attached hydrogens (tertiary/aromatic N) is 1. The molecule has 0 saturated carbocycles. The van der Waals surface area contributed by atoms with Gasteiger partial charge >= 0.3 is 6.09 Å². The second-order valence-electron chi connectivity index (χ2n) is 4.62. The van der Waals surface area contributed by atoms with Gasteiger partial charge in [0.2, 0.25) is 0 Å². The van der Waals surface area contributed by atoms with Gasteiger partial charge in [-0.05, 0) is 12.0 Å². The Morgan fingerprint density at radius 3 is 2.84 bits per heavy atom. The average molecular weight is 257 g/mol. The normalized spacial score (nSPS) is 17.8. The lowest BCUT2D eigenvalue weighted by Crippen LogP contribution is -2.22. The molecule has 1 aliphatic heterocycles. The van der Waals surface area contributed by atoms with Gasteiger partial charge in [0, 0.05) is 12.5 Å². The molecule has 0 bridgehead atoms. The predicted molar refractivity (Wildman–Crippen MR) is 74.3 cm³/mol. The maximum atomic E-state index is 11.7. The number of benzene rings is 1. The molecule has 100 valence electrons. The van der Waals surface area contributed by atoms with Crippen molar-refractivity contribution in [2.24, 2.45) is 0 Å². The Labute approximate surface area is 114 Å². The van der Waals surface area contributed by atoms with Crippen LogP contribution in [0.25, 0.3) is 0 Å². The Bertz CT molecular complexity index is 473. The van der Waals surface area contributed by atoms with E-state index in [1.807, 2.05) is 30.3 Å². The summed E-state index contributed by atoms with van der Waals surface area (Å²) in [5.41, 5.74) is 1.07. The van der Waals surface area contributed by atoms with Crippen LogP contribution in [-0.2, 0) is 4.74 Å². The lowest BCUT2D eigenvalue weighted by atomic mass is 10.1. The van der Waals surface area contributed by atoms with Crippen molar-refractivity contribution >= 4 is 6.09 Å². The molecule has 1 aliphatic rings. The first-order valence-corrected chi connectivity index (χ1v) is 6.82. The second kappa shape index (κ2) is 6.84. The molecule has 1 aromatic carbocycles. The minimum absolute atomic E-state index is 0.0765. The van der Waals surface area contributed by atoms with Gasteiger partial charge < -0.3 is 4.74 Å². The van der Waals surface area contributed by atoms with Crippen LogP contribution in [0.2, 0.25) is 0 Å². The summed E-state index contributed by atoms with van der Waals surface area (Å²) in [5.74, 6) is 3.07. The number of rotatable bonds is 4. The van der Waals surface area contributed by atoms with Crippen LogP contribution in [0.15, 0.2) is 30.3 Å². The molecule has 2 rings (SSSR count). The molecule has 1 saturated heterocycles. The molecule has 0 radical (unpaired) electrons. The average Bonchev–Trinajstić information content (AvgIpc) is 2.81. The van der Waals surface area contributed by atoms with Crippen molar-refractivity contribution in [3.05, 3.63) is 35.9 Å². The molecule has 1 amide bonds. The standard InChI is InChI=1S/C16H19NO2/c1-2-3-4-5-9-12-17-15(13-19-16(17)18)14-10-7-6-8-11-14/h6-8,10-11,15H,2-5,13H2,1H3/t15-/m0/s1. The van der Waals surface area contributed by atoms with Gasteiger partial charge in [0.05, 0.1) is 0 Å². The first kappa shape index (κ1) is 13.5. The van der Waals surface area contributed by atoms with Crippen molar-refractivity contribution in [1.29, 1.82) is 0 Å². The molecule has 19 heavy (non-hydrogen) atoms. The van der Waals surface area contributed by atoms with E-state index in [0.717, 1.165) is 18.4 Å². The number of amides is 1. The minimum atomic E-state index is -0.336. The molecule has 1 atom stereocenters. The van der Waals surface area contributed by atoms with Crippen molar-refractivity contribution in [3.63, 3.8) is 0 Å². The van der Waals surface area contributed by atoms with Gasteiger partial charge in [0.25, 0.3) is 0 Å². The van der Waals surface area contributed by atoms with Crippen molar-refractivity contribution in [2.45, 2.75) is 38.6 Å². The maximum Gasteiger partial charge on any atom is 0.422 e. The van der Waals surface area contributed by atoms with E-state index in [4.69, 9.17) is 4.74 Å². The zero-order valence-corrected chi connectivity index (χ0v) is 11.3. The van der Waals surface area contributed by atoms with Crippen LogP contribution in [0.5, 0.6) is 0 Å². The lowest BCUT2D eigenvalue weighted by molar-refractivity contribution is 0.167. The summed E-state index contributed by atoms with van der Waals surface area (Å²) in [6.45, 7) is 2.54. The van der Waals surface area contributed by atoms with Gasteiger partial charge in [0.1, 0.15) is 12.6 Å². The maximum absolute atomic E-state index is 11.7. The van der Waals surface area contributed by atoms with Gasteiger partial charge in [-0.1, -0.05) is 56.0 Å². The number of hydrogen-bond acceptors (Lipinski definition) is 2. The summed E-state index contributed by atoms with van der Waals surface area (Å²) in [5, 5.41) is 0. The van der Waals surface area contributed by atoms with Gasteiger partial charge in [0.15, 0.2) is 0 Å². The van der Waals surface area contributed by atoms with Crippen LogP contribution >= 0.6 is 0 Å². The molecular formula is C16H19NO2. The first-order chi connectivity index (χ1) is 9.33. The highest BCUT2D eigenvalue weighted by molar-refractivity contribution is 5.72. The number of carbonyl (C=O) groups excluding carboxylic acids is 1. The zero-order chi connectivity index (χ0) is 13.5. The van der Waals surface area contributed by atoms with E-state index in [-0.39, 0.29) is 12.1 Å². The largest absolute Gasteiger partial charge is 0.446 e. The monoisotopic (exact) mass is 257 g/mol. The predicted octanol–water partition coefficient (Wildman–Crippen LogP) is 3.72. The molecule has 0 N–H and O–H groups in total. The Balaban J connectivity index is 2.02. The van der Waals surface area contributed by atoms with Crippen molar-refractivity contribution < 1.29 is 9.53 Å². The van der Waals surface area contributed by atoms with E-state index in [1.54, 1.807) is 0 Å². The molecule has 1 aromatic rings. The number of ether oxygens (including phenoxy) is 1. The Morgan fingerprint density at radius 1 is 1.32 bits per heavy atom. The van der Waals surface area contributed by atoms with E-state index in [0.29, 0.717) is 6.61 Å². The van der Waals surface area contributed by atoms with E-state index in [9.17, 15) is 4.79 Å². The Morgan fingerprint density at radius 2 is 2.11 bits per heavy atom. The highest BCUT2D eigenvalue weighted by Gasteiger charge is 2.33. The third-order valence-electron chi connectivity index (χ3n) is 3.16. The third kappa shape index (κ3) is 3.51. The van der Waals surface area contributed by atoms with Crippen LogP contribution in [0.3, 0.4) is 0 Å². The fraction of sp³-hybridized carbons (Fsp3) is 0.438. The summed E-state index contributed by atoms with van der Waals surface area (Å²) >= 11 is 0. The van der Waals surface area contributed by atoms with Crippen LogP contribution in [0, 0.1) is 12.0 Å². The molecule has 0 aromatic heterocycles. The summed E-state index contributed by atoms with van der Waals surface area (Å²) in [6, 6.07) is 12.8. The fourth-order valence-corrected chi connectivity index (χ4v) is 2.07. The quantitative estimate of drug-likeness (QED) is 0.607. The molecule has 3 nitrogen and oxygen atoms in total. The molecule has 0 spiro atoms. The minimum Gasteiger partial charge on any atom is -0.446 e.